The summed E-state index contributed by atoms with van der Waals surface area (Å²) in [5, 5.41) is 7.87. The molecule has 3 atom stereocenters. The number of rotatable bonds is 3. The third-order valence-electron chi connectivity index (χ3n) is 4.86. The zero-order chi connectivity index (χ0) is 13.7. The molecule has 1 N–H and O–H groups in total. The van der Waals surface area contributed by atoms with Crippen LogP contribution >= 0.6 is 0 Å². The van der Waals surface area contributed by atoms with Gasteiger partial charge in [-0.05, 0) is 44.3 Å². The minimum atomic E-state index is -0.338. The highest BCUT2D eigenvalue weighted by Gasteiger charge is 2.59. The smallest absolute Gasteiger partial charge is 0.205 e. The second-order valence-corrected chi connectivity index (χ2v) is 6.57. The Morgan fingerprint density at radius 3 is 2.65 bits per heavy atom. The largest absolute Gasteiger partial charge is 0.366 e. The maximum absolute atomic E-state index is 5.70. The number of amidine groups is 1. The van der Waals surface area contributed by atoms with Crippen LogP contribution < -0.4 is 5.32 Å². The van der Waals surface area contributed by atoms with Crippen LogP contribution in [0, 0.1) is 17.8 Å². The van der Waals surface area contributed by atoms with Gasteiger partial charge in [0.15, 0.2) is 5.84 Å². The number of oxime groups is 1. The van der Waals surface area contributed by atoms with Crippen molar-refractivity contribution in [2.75, 3.05) is 13.1 Å². The zero-order valence-electron chi connectivity index (χ0n) is 12.0. The minimum Gasteiger partial charge on any atom is -0.366 e. The Hall–Kier alpha value is -1.55. The summed E-state index contributed by atoms with van der Waals surface area (Å²) in [6.45, 7) is 7.34. The molecule has 1 aliphatic carbocycles. The number of fused-ring (bicyclic) bond motifs is 1. The summed E-state index contributed by atoms with van der Waals surface area (Å²) < 4.78 is 0. The molecule has 2 aliphatic heterocycles. The van der Waals surface area contributed by atoms with E-state index in [0.717, 1.165) is 37.3 Å². The molecule has 2 fully saturated rings. The van der Waals surface area contributed by atoms with Crippen LogP contribution in [0.5, 0.6) is 0 Å². The van der Waals surface area contributed by atoms with Crippen molar-refractivity contribution >= 4 is 5.84 Å². The highest BCUT2D eigenvalue weighted by molar-refractivity contribution is 5.89. The number of hydrogen-bond acceptors (Lipinski definition) is 4. The van der Waals surface area contributed by atoms with E-state index < -0.39 is 0 Å². The standard InChI is InChI=1S/C16H21N3O/c1-16(2)19(10-11-6-4-3-5-7-11)15(18-20-16)14-12-8-17-9-13(12)14/h3-7,12-14,17H,8-10H2,1-2H3/t12-,13+,14?. The SMILES string of the molecule is CC1(C)ON=C(C2[C@H]3CNC[C@@H]23)N1Cc1ccccc1. The first kappa shape index (κ1) is 12.2. The lowest BCUT2D eigenvalue weighted by molar-refractivity contribution is -0.0719. The Kier molecular flexibility index (Phi) is 2.58. The van der Waals surface area contributed by atoms with Crippen LogP contribution in [-0.2, 0) is 11.4 Å². The summed E-state index contributed by atoms with van der Waals surface area (Å²) in [5.41, 5.74) is 0.970. The summed E-state index contributed by atoms with van der Waals surface area (Å²) >= 11 is 0. The summed E-state index contributed by atoms with van der Waals surface area (Å²) in [4.78, 5) is 8.04. The summed E-state index contributed by atoms with van der Waals surface area (Å²) in [7, 11) is 0. The number of hydrogen-bond donors (Lipinski definition) is 1. The van der Waals surface area contributed by atoms with Crippen molar-refractivity contribution in [1.29, 1.82) is 0 Å². The van der Waals surface area contributed by atoms with E-state index in [4.69, 9.17) is 4.84 Å². The van der Waals surface area contributed by atoms with Gasteiger partial charge >= 0.3 is 0 Å². The fraction of sp³-hybridized carbons (Fsp3) is 0.562. The molecule has 20 heavy (non-hydrogen) atoms. The van der Waals surface area contributed by atoms with Gasteiger partial charge < -0.3 is 15.1 Å². The molecule has 0 spiro atoms. The van der Waals surface area contributed by atoms with E-state index in [0.29, 0.717) is 5.92 Å². The topological polar surface area (TPSA) is 36.9 Å². The maximum atomic E-state index is 5.70. The van der Waals surface area contributed by atoms with Crippen molar-refractivity contribution in [2.45, 2.75) is 26.1 Å². The molecule has 1 unspecified atom stereocenters. The molecule has 1 aromatic rings. The van der Waals surface area contributed by atoms with Gasteiger partial charge in [-0.3, -0.25) is 0 Å². The summed E-state index contributed by atoms with van der Waals surface area (Å²) in [6, 6.07) is 10.6. The van der Waals surface area contributed by atoms with Gasteiger partial charge in [-0.1, -0.05) is 35.5 Å². The van der Waals surface area contributed by atoms with E-state index in [1.165, 1.54) is 5.56 Å². The fourth-order valence-electron chi connectivity index (χ4n) is 3.61. The molecule has 0 amide bonds. The summed E-state index contributed by atoms with van der Waals surface area (Å²) in [6.07, 6.45) is 0. The lowest BCUT2D eigenvalue weighted by Gasteiger charge is -2.32. The number of piperidine rings is 1. The molecule has 106 valence electrons. The monoisotopic (exact) mass is 271 g/mol. The van der Waals surface area contributed by atoms with Crippen LogP contribution in [0.1, 0.15) is 19.4 Å². The summed E-state index contributed by atoms with van der Waals surface area (Å²) in [5.74, 6) is 3.30. The van der Waals surface area contributed by atoms with Crippen molar-refractivity contribution in [3.8, 4) is 0 Å². The van der Waals surface area contributed by atoms with E-state index in [-0.39, 0.29) is 5.72 Å². The van der Waals surface area contributed by atoms with Gasteiger partial charge in [-0.25, -0.2) is 0 Å². The van der Waals surface area contributed by atoms with Gasteiger partial charge in [-0.15, -0.1) is 0 Å². The Labute approximate surface area is 119 Å². The molecule has 4 nitrogen and oxygen atoms in total. The van der Waals surface area contributed by atoms with E-state index in [2.05, 4.69) is 59.6 Å². The number of nitrogens with zero attached hydrogens (tertiary/aromatic N) is 2. The first-order valence-corrected chi connectivity index (χ1v) is 7.45. The van der Waals surface area contributed by atoms with E-state index >= 15 is 0 Å². The molecular weight excluding hydrogens is 250 g/mol. The van der Waals surface area contributed by atoms with Gasteiger partial charge in [0.05, 0.1) is 0 Å². The second kappa shape index (κ2) is 4.22. The van der Waals surface area contributed by atoms with Crippen LogP contribution in [0.3, 0.4) is 0 Å². The van der Waals surface area contributed by atoms with Gasteiger partial charge in [0.2, 0.25) is 5.72 Å². The number of benzene rings is 1. The predicted octanol–water partition coefficient (Wildman–Crippen LogP) is 2.03. The second-order valence-electron chi connectivity index (χ2n) is 6.57. The third-order valence-corrected chi connectivity index (χ3v) is 4.86. The predicted molar refractivity (Wildman–Crippen MR) is 77.9 cm³/mol. The van der Waals surface area contributed by atoms with E-state index in [1.54, 1.807) is 0 Å². The zero-order valence-corrected chi connectivity index (χ0v) is 12.0. The van der Waals surface area contributed by atoms with Crippen LogP contribution in [0.15, 0.2) is 35.5 Å². The highest BCUT2D eigenvalue weighted by atomic mass is 16.7. The number of nitrogens with one attached hydrogen (secondary N) is 1. The normalized spacial score (nSPS) is 33.6. The first-order chi connectivity index (χ1) is 9.67. The van der Waals surface area contributed by atoms with Crippen molar-refractivity contribution in [1.82, 2.24) is 10.2 Å². The molecular formula is C16H21N3O. The molecule has 4 heteroatoms. The van der Waals surface area contributed by atoms with Crippen molar-refractivity contribution < 1.29 is 4.84 Å². The molecule has 1 aromatic carbocycles. The molecule has 0 bridgehead atoms. The van der Waals surface area contributed by atoms with Crippen LogP contribution in [-0.4, -0.2) is 29.6 Å². The Morgan fingerprint density at radius 2 is 1.95 bits per heavy atom. The molecule has 0 radical (unpaired) electrons. The van der Waals surface area contributed by atoms with Crippen LogP contribution in [0.25, 0.3) is 0 Å². The van der Waals surface area contributed by atoms with Crippen molar-refractivity contribution in [2.24, 2.45) is 22.9 Å². The molecule has 1 saturated heterocycles. The van der Waals surface area contributed by atoms with Crippen LogP contribution in [0.2, 0.25) is 0 Å². The Balaban J connectivity index is 1.56. The third kappa shape index (κ3) is 1.82. The average Bonchev–Trinajstić information content (AvgIpc) is 2.80. The van der Waals surface area contributed by atoms with E-state index in [1.807, 2.05) is 0 Å². The first-order valence-electron chi connectivity index (χ1n) is 7.45. The van der Waals surface area contributed by atoms with Crippen LogP contribution in [0.4, 0.5) is 0 Å². The van der Waals surface area contributed by atoms with Crippen molar-refractivity contribution in [3.63, 3.8) is 0 Å². The molecule has 4 rings (SSSR count). The minimum absolute atomic E-state index is 0.338. The van der Waals surface area contributed by atoms with E-state index in [9.17, 15) is 0 Å². The lowest BCUT2D eigenvalue weighted by Crippen LogP contribution is -2.44. The fourth-order valence-corrected chi connectivity index (χ4v) is 3.61. The maximum Gasteiger partial charge on any atom is 0.205 e. The molecule has 0 aromatic heterocycles. The van der Waals surface area contributed by atoms with Crippen molar-refractivity contribution in [3.05, 3.63) is 35.9 Å². The average molecular weight is 271 g/mol. The lowest BCUT2D eigenvalue weighted by atomic mass is 10.1. The van der Waals surface area contributed by atoms with Gasteiger partial charge in [-0.2, -0.15) is 0 Å². The molecule has 1 saturated carbocycles. The Bertz CT molecular complexity index is 530. The molecule has 3 aliphatic rings. The quantitative estimate of drug-likeness (QED) is 0.914. The van der Waals surface area contributed by atoms with Gasteiger partial charge in [0.1, 0.15) is 0 Å². The highest BCUT2D eigenvalue weighted by Crippen LogP contribution is 2.52. The molecule has 2 heterocycles. The Morgan fingerprint density at radius 1 is 1.25 bits per heavy atom. The van der Waals surface area contributed by atoms with Gasteiger partial charge in [0.25, 0.3) is 0 Å². The van der Waals surface area contributed by atoms with Gasteiger partial charge in [0, 0.05) is 12.5 Å².